The maximum atomic E-state index is 11.8. The Morgan fingerprint density at radius 3 is 2.12 bits per heavy atom. The molecule has 1 atom stereocenters. The minimum Gasteiger partial charge on any atom is -0.467 e. The van der Waals surface area contributed by atoms with E-state index in [1.54, 1.807) is 41.5 Å². The van der Waals surface area contributed by atoms with Crippen molar-refractivity contribution in [1.82, 2.24) is 16.0 Å². The number of methoxy groups -OCH3 is 1. The second-order valence-corrected chi connectivity index (χ2v) is 7.19. The van der Waals surface area contributed by atoms with E-state index in [1.807, 2.05) is 0 Å². The highest BCUT2D eigenvalue weighted by Gasteiger charge is 2.30. The van der Waals surface area contributed by atoms with Crippen molar-refractivity contribution in [1.29, 1.82) is 0 Å². The Bertz CT molecular complexity index is 500. The van der Waals surface area contributed by atoms with E-state index < -0.39 is 35.2 Å². The van der Waals surface area contributed by atoms with Gasteiger partial charge in [0.25, 0.3) is 0 Å². The van der Waals surface area contributed by atoms with Gasteiger partial charge in [0.2, 0.25) is 5.91 Å². The van der Waals surface area contributed by atoms with E-state index in [4.69, 9.17) is 17.0 Å². The normalized spacial score (nSPS) is 12.6. The van der Waals surface area contributed by atoms with Gasteiger partial charge in [-0.05, 0) is 41.5 Å². The van der Waals surface area contributed by atoms with Crippen LogP contribution in [0.5, 0.6) is 0 Å². The smallest absolute Gasteiger partial charge is 0.408 e. The van der Waals surface area contributed by atoms with Crippen molar-refractivity contribution >= 4 is 35.2 Å². The molecule has 0 spiro atoms. The zero-order chi connectivity index (χ0) is 19.1. The number of carbonyl (C=O) groups is 3. The SMILES string of the molecule is COC(=O)C(C)(C)NC(=S)[C@H](C)NC(=O)CNC(=O)OC(C)(C)C. The van der Waals surface area contributed by atoms with Crippen LogP contribution in [0.3, 0.4) is 0 Å². The van der Waals surface area contributed by atoms with Gasteiger partial charge >= 0.3 is 12.1 Å². The zero-order valence-corrected chi connectivity index (χ0v) is 16.1. The summed E-state index contributed by atoms with van der Waals surface area (Å²) in [7, 11) is 1.28. The van der Waals surface area contributed by atoms with Gasteiger partial charge in [-0.3, -0.25) is 4.79 Å². The van der Waals surface area contributed by atoms with Crippen molar-refractivity contribution in [3.8, 4) is 0 Å². The minimum atomic E-state index is -1.01. The fourth-order valence-corrected chi connectivity index (χ4v) is 1.86. The van der Waals surface area contributed by atoms with E-state index in [-0.39, 0.29) is 11.5 Å². The van der Waals surface area contributed by atoms with E-state index >= 15 is 0 Å². The van der Waals surface area contributed by atoms with Crippen LogP contribution in [-0.4, -0.2) is 53.8 Å². The largest absolute Gasteiger partial charge is 0.467 e. The topological polar surface area (TPSA) is 106 Å². The van der Waals surface area contributed by atoms with Crippen molar-refractivity contribution in [2.24, 2.45) is 0 Å². The highest BCUT2D eigenvalue weighted by molar-refractivity contribution is 7.80. The molecule has 0 heterocycles. The Kier molecular flexibility index (Phi) is 8.12. The quantitative estimate of drug-likeness (QED) is 0.476. The molecule has 0 aromatic heterocycles. The van der Waals surface area contributed by atoms with Crippen LogP contribution in [0.25, 0.3) is 0 Å². The summed E-state index contributed by atoms with van der Waals surface area (Å²) in [5, 5.41) is 7.80. The molecule has 0 unspecified atom stereocenters. The van der Waals surface area contributed by atoms with Crippen molar-refractivity contribution in [2.45, 2.75) is 58.7 Å². The summed E-state index contributed by atoms with van der Waals surface area (Å²) in [6.07, 6.45) is -0.683. The molecular formula is C15H27N3O5S. The van der Waals surface area contributed by atoms with Gasteiger partial charge in [-0.1, -0.05) is 12.2 Å². The Morgan fingerprint density at radius 2 is 1.67 bits per heavy atom. The molecule has 8 nitrogen and oxygen atoms in total. The van der Waals surface area contributed by atoms with Gasteiger partial charge in [0.1, 0.15) is 17.7 Å². The Morgan fingerprint density at radius 1 is 1.12 bits per heavy atom. The van der Waals surface area contributed by atoms with Gasteiger partial charge in [0.05, 0.1) is 18.1 Å². The third-order valence-electron chi connectivity index (χ3n) is 2.69. The fourth-order valence-electron chi connectivity index (χ4n) is 1.55. The molecule has 0 saturated heterocycles. The van der Waals surface area contributed by atoms with Crippen molar-refractivity contribution < 1.29 is 23.9 Å². The molecule has 2 amide bonds. The van der Waals surface area contributed by atoms with E-state index in [1.165, 1.54) is 7.11 Å². The molecule has 24 heavy (non-hydrogen) atoms. The number of hydrogen-bond donors (Lipinski definition) is 3. The van der Waals surface area contributed by atoms with Crippen molar-refractivity contribution in [3.05, 3.63) is 0 Å². The molecule has 0 rings (SSSR count). The summed E-state index contributed by atoms with van der Waals surface area (Å²) in [5.74, 6) is -0.914. The molecule has 0 radical (unpaired) electrons. The monoisotopic (exact) mass is 361 g/mol. The molecule has 0 aromatic rings. The predicted molar refractivity (Wildman–Crippen MR) is 93.7 cm³/mol. The number of carbonyl (C=O) groups excluding carboxylic acids is 3. The van der Waals surface area contributed by atoms with E-state index in [0.717, 1.165) is 0 Å². The Labute approximate surface area is 148 Å². The number of alkyl carbamates (subject to hydrolysis) is 1. The molecule has 0 aliphatic carbocycles. The van der Waals surface area contributed by atoms with Crippen LogP contribution in [0.15, 0.2) is 0 Å². The number of nitrogens with one attached hydrogen (secondary N) is 3. The van der Waals surface area contributed by atoms with Crippen LogP contribution >= 0.6 is 12.2 Å². The predicted octanol–water partition coefficient (Wildman–Crippen LogP) is 0.884. The van der Waals surface area contributed by atoms with Gasteiger partial charge in [-0.2, -0.15) is 0 Å². The second-order valence-electron chi connectivity index (χ2n) is 6.75. The minimum absolute atomic E-state index is 0.248. The maximum absolute atomic E-state index is 11.8. The molecule has 3 N–H and O–H groups in total. The highest BCUT2D eigenvalue weighted by atomic mass is 32.1. The van der Waals surface area contributed by atoms with Crippen molar-refractivity contribution in [2.75, 3.05) is 13.7 Å². The Balaban J connectivity index is 4.38. The molecular weight excluding hydrogens is 334 g/mol. The van der Waals surface area contributed by atoms with E-state index in [9.17, 15) is 14.4 Å². The van der Waals surface area contributed by atoms with E-state index in [2.05, 4.69) is 20.7 Å². The van der Waals surface area contributed by atoms with Crippen LogP contribution in [-0.2, 0) is 19.1 Å². The van der Waals surface area contributed by atoms with Crippen molar-refractivity contribution in [3.63, 3.8) is 0 Å². The standard InChI is InChI=1S/C15H27N3O5S/c1-9(11(24)18-15(5,6)12(20)22-7)17-10(19)8-16-13(21)23-14(2,3)4/h9H,8H2,1-7H3,(H,16,21)(H,17,19)(H,18,24)/t9-/m0/s1. The van der Waals surface area contributed by atoms with Gasteiger partial charge < -0.3 is 25.4 Å². The lowest BCUT2D eigenvalue weighted by Gasteiger charge is -2.27. The summed E-state index contributed by atoms with van der Waals surface area (Å²) in [5.41, 5.74) is -1.65. The average Bonchev–Trinajstić information content (AvgIpc) is 2.41. The molecule has 0 aliphatic heterocycles. The van der Waals surface area contributed by atoms with Gasteiger partial charge in [-0.25, -0.2) is 9.59 Å². The summed E-state index contributed by atoms with van der Waals surface area (Å²) in [6, 6.07) is -0.531. The van der Waals surface area contributed by atoms with Crippen LogP contribution in [0.2, 0.25) is 0 Å². The third-order valence-corrected chi connectivity index (χ3v) is 3.15. The summed E-state index contributed by atoms with van der Waals surface area (Å²) >= 11 is 5.17. The number of rotatable bonds is 6. The molecule has 0 bridgehead atoms. The number of amides is 2. The first kappa shape index (κ1) is 22.1. The van der Waals surface area contributed by atoms with Gasteiger partial charge in [0, 0.05) is 0 Å². The van der Waals surface area contributed by atoms with Crippen LogP contribution in [0, 0.1) is 0 Å². The first-order chi connectivity index (χ1) is 10.8. The molecule has 0 saturated carbocycles. The fraction of sp³-hybridized carbons (Fsp3) is 0.733. The number of hydrogen-bond acceptors (Lipinski definition) is 6. The lowest BCUT2D eigenvalue weighted by atomic mass is 10.1. The lowest BCUT2D eigenvalue weighted by molar-refractivity contribution is -0.146. The first-order valence-corrected chi connectivity index (χ1v) is 7.86. The summed E-state index contributed by atoms with van der Waals surface area (Å²) in [4.78, 5) is 35.2. The molecule has 0 fully saturated rings. The summed E-state index contributed by atoms with van der Waals surface area (Å²) < 4.78 is 9.70. The zero-order valence-electron chi connectivity index (χ0n) is 15.2. The van der Waals surface area contributed by atoms with Crippen LogP contribution in [0.4, 0.5) is 4.79 Å². The number of ether oxygens (including phenoxy) is 2. The molecule has 138 valence electrons. The number of esters is 1. The van der Waals surface area contributed by atoms with Crippen LogP contribution in [0.1, 0.15) is 41.5 Å². The Hall–Kier alpha value is -1.90. The number of thiocarbonyl (C=S) groups is 1. The van der Waals surface area contributed by atoms with E-state index in [0.29, 0.717) is 0 Å². The first-order valence-electron chi connectivity index (χ1n) is 7.45. The molecule has 0 aromatic carbocycles. The third kappa shape index (κ3) is 8.66. The lowest BCUT2D eigenvalue weighted by Crippen LogP contribution is -2.55. The molecule has 0 aliphatic rings. The maximum Gasteiger partial charge on any atom is 0.408 e. The van der Waals surface area contributed by atoms with Crippen LogP contribution < -0.4 is 16.0 Å². The molecule has 9 heteroatoms. The van der Waals surface area contributed by atoms with Gasteiger partial charge in [0.15, 0.2) is 0 Å². The second kappa shape index (κ2) is 8.81. The average molecular weight is 361 g/mol. The summed E-state index contributed by atoms with van der Waals surface area (Å²) in [6.45, 7) is 9.81. The van der Waals surface area contributed by atoms with Gasteiger partial charge in [-0.15, -0.1) is 0 Å². The highest BCUT2D eigenvalue weighted by Crippen LogP contribution is 2.07.